The van der Waals surface area contributed by atoms with Crippen molar-refractivity contribution in [1.29, 1.82) is 0 Å². The fraction of sp³-hybridized carbons (Fsp3) is 0.588. The second-order valence-corrected chi connectivity index (χ2v) is 6.08. The summed E-state index contributed by atoms with van der Waals surface area (Å²) in [5, 5.41) is 0.632. The fourth-order valence-electron chi connectivity index (χ4n) is 2.31. The van der Waals surface area contributed by atoms with Crippen molar-refractivity contribution in [3.05, 3.63) is 34.9 Å². The highest BCUT2D eigenvalue weighted by Gasteiger charge is 2.19. The molecule has 0 spiro atoms. The average Bonchev–Trinajstić information content (AvgIpc) is 3.26. The first kappa shape index (κ1) is 15.4. The Kier molecular flexibility index (Phi) is 6.38. The Labute approximate surface area is 126 Å². The summed E-state index contributed by atoms with van der Waals surface area (Å²) in [6, 6.07) is 6.81. The SMILES string of the molecule is O=C(OCCCCCCCC1CC1)c1ccc(Cl)cc1. The fourth-order valence-corrected chi connectivity index (χ4v) is 2.43. The average molecular weight is 295 g/mol. The maximum Gasteiger partial charge on any atom is 0.338 e. The van der Waals surface area contributed by atoms with Crippen LogP contribution in [0.1, 0.15) is 61.7 Å². The topological polar surface area (TPSA) is 26.3 Å². The summed E-state index contributed by atoms with van der Waals surface area (Å²) in [7, 11) is 0. The molecule has 0 unspecified atom stereocenters. The van der Waals surface area contributed by atoms with Crippen molar-refractivity contribution in [2.75, 3.05) is 6.61 Å². The Morgan fingerprint density at radius 1 is 1.05 bits per heavy atom. The second kappa shape index (κ2) is 8.31. The molecule has 1 aliphatic rings. The number of esters is 1. The van der Waals surface area contributed by atoms with E-state index in [-0.39, 0.29) is 5.97 Å². The molecular formula is C17H23ClO2. The van der Waals surface area contributed by atoms with Gasteiger partial charge in [-0.1, -0.05) is 56.5 Å². The van der Waals surface area contributed by atoms with Crippen LogP contribution in [0.4, 0.5) is 0 Å². The number of carbonyl (C=O) groups excluding carboxylic acids is 1. The Morgan fingerprint density at radius 2 is 1.70 bits per heavy atom. The predicted octanol–water partition coefficient (Wildman–Crippen LogP) is 5.25. The van der Waals surface area contributed by atoms with Crippen LogP contribution in [0.5, 0.6) is 0 Å². The van der Waals surface area contributed by atoms with Gasteiger partial charge in [0.2, 0.25) is 0 Å². The zero-order valence-electron chi connectivity index (χ0n) is 11.9. The summed E-state index contributed by atoms with van der Waals surface area (Å²) in [5.74, 6) is 0.797. The molecule has 3 heteroatoms. The number of ether oxygens (including phenoxy) is 1. The number of benzene rings is 1. The number of unbranched alkanes of at least 4 members (excludes halogenated alkanes) is 4. The van der Waals surface area contributed by atoms with Gasteiger partial charge in [0.1, 0.15) is 0 Å². The first-order chi connectivity index (χ1) is 9.75. The third kappa shape index (κ3) is 5.96. The summed E-state index contributed by atoms with van der Waals surface area (Å²) < 4.78 is 5.24. The van der Waals surface area contributed by atoms with Crippen molar-refractivity contribution < 1.29 is 9.53 Å². The largest absolute Gasteiger partial charge is 0.462 e. The Hall–Kier alpha value is -1.02. The maximum absolute atomic E-state index is 11.7. The molecular weight excluding hydrogens is 272 g/mol. The molecule has 1 aromatic rings. The van der Waals surface area contributed by atoms with Gasteiger partial charge in [-0.25, -0.2) is 4.79 Å². The van der Waals surface area contributed by atoms with E-state index in [4.69, 9.17) is 16.3 Å². The smallest absolute Gasteiger partial charge is 0.338 e. The van der Waals surface area contributed by atoms with E-state index in [1.54, 1.807) is 24.3 Å². The molecule has 1 fully saturated rings. The summed E-state index contributed by atoms with van der Waals surface area (Å²) in [5.41, 5.74) is 0.568. The molecule has 0 amide bonds. The Morgan fingerprint density at radius 3 is 2.40 bits per heavy atom. The zero-order chi connectivity index (χ0) is 14.2. The summed E-state index contributed by atoms with van der Waals surface area (Å²) in [4.78, 5) is 11.7. The molecule has 0 atom stereocenters. The second-order valence-electron chi connectivity index (χ2n) is 5.64. The number of hydrogen-bond acceptors (Lipinski definition) is 2. The summed E-state index contributed by atoms with van der Waals surface area (Å²) in [6.45, 7) is 0.518. The van der Waals surface area contributed by atoms with E-state index in [1.165, 1.54) is 38.5 Å². The molecule has 0 saturated heterocycles. The van der Waals surface area contributed by atoms with Gasteiger partial charge in [-0.2, -0.15) is 0 Å². The molecule has 0 N–H and O–H groups in total. The van der Waals surface area contributed by atoms with Crippen LogP contribution < -0.4 is 0 Å². The van der Waals surface area contributed by atoms with Crippen molar-refractivity contribution >= 4 is 17.6 Å². The first-order valence-corrected chi connectivity index (χ1v) is 8.06. The van der Waals surface area contributed by atoms with Gasteiger partial charge in [0.25, 0.3) is 0 Å². The van der Waals surface area contributed by atoms with Crippen LogP contribution in [0.2, 0.25) is 5.02 Å². The molecule has 2 rings (SSSR count). The normalized spacial score (nSPS) is 14.2. The van der Waals surface area contributed by atoms with E-state index in [2.05, 4.69) is 0 Å². The molecule has 0 aliphatic heterocycles. The van der Waals surface area contributed by atoms with Gasteiger partial charge in [-0.3, -0.25) is 0 Å². The highest BCUT2D eigenvalue weighted by atomic mass is 35.5. The third-order valence-corrected chi connectivity index (χ3v) is 4.02. The van der Waals surface area contributed by atoms with Gasteiger partial charge in [-0.15, -0.1) is 0 Å². The van der Waals surface area contributed by atoms with Crippen LogP contribution in [0, 0.1) is 5.92 Å². The minimum absolute atomic E-state index is 0.254. The third-order valence-electron chi connectivity index (χ3n) is 3.77. The van der Waals surface area contributed by atoms with E-state index >= 15 is 0 Å². The van der Waals surface area contributed by atoms with E-state index in [0.29, 0.717) is 17.2 Å². The number of rotatable bonds is 9. The summed E-state index contributed by atoms with van der Waals surface area (Å²) in [6.07, 6.45) is 10.4. The van der Waals surface area contributed by atoms with Crippen LogP contribution in [0.25, 0.3) is 0 Å². The molecule has 1 aliphatic carbocycles. The lowest BCUT2D eigenvalue weighted by atomic mass is 10.1. The molecule has 0 radical (unpaired) electrons. The van der Waals surface area contributed by atoms with Gasteiger partial charge in [0, 0.05) is 5.02 Å². The summed E-state index contributed by atoms with van der Waals surface area (Å²) >= 11 is 5.77. The molecule has 0 heterocycles. The Balaban J connectivity index is 1.47. The van der Waals surface area contributed by atoms with Crippen molar-refractivity contribution in [3.63, 3.8) is 0 Å². The van der Waals surface area contributed by atoms with Crippen LogP contribution in [-0.2, 0) is 4.74 Å². The molecule has 110 valence electrons. The van der Waals surface area contributed by atoms with Crippen molar-refractivity contribution in [2.24, 2.45) is 5.92 Å². The van der Waals surface area contributed by atoms with Gasteiger partial charge >= 0.3 is 5.97 Å². The Bertz CT molecular complexity index is 410. The number of halogens is 1. The van der Waals surface area contributed by atoms with Crippen LogP contribution in [-0.4, -0.2) is 12.6 Å². The quantitative estimate of drug-likeness (QED) is 0.459. The van der Waals surface area contributed by atoms with Crippen LogP contribution in [0.3, 0.4) is 0 Å². The highest BCUT2D eigenvalue weighted by Crippen LogP contribution is 2.34. The van der Waals surface area contributed by atoms with Gasteiger partial charge < -0.3 is 4.74 Å². The predicted molar refractivity (Wildman–Crippen MR) is 82.2 cm³/mol. The maximum atomic E-state index is 11.7. The molecule has 20 heavy (non-hydrogen) atoms. The zero-order valence-corrected chi connectivity index (χ0v) is 12.7. The molecule has 0 bridgehead atoms. The first-order valence-electron chi connectivity index (χ1n) is 7.68. The van der Waals surface area contributed by atoms with E-state index in [0.717, 1.165) is 18.8 Å². The van der Waals surface area contributed by atoms with Crippen molar-refractivity contribution in [3.8, 4) is 0 Å². The number of carbonyl (C=O) groups is 1. The van der Waals surface area contributed by atoms with Gasteiger partial charge in [-0.05, 0) is 36.6 Å². The van der Waals surface area contributed by atoms with Crippen LogP contribution >= 0.6 is 11.6 Å². The molecule has 1 aromatic carbocycles. The van der Waals surface area contributed by atoms with Gasteiger partial charge in [0.05, 0.1) is 12.2 Å². The monoisotopic (exact) mass is 294 g/mol. The standard InChI is InChI=1S/C17H23ClO2/c18-16-11-9-15(10-12-16)17(19)20-13-5-3-1-2-4-6-14-7-8-14/h9-12,14H,1-8,13H2. The van der Waals surface area contributed by atoms with E-state index in [1.807, 2.05) is 0 Å². The number of hydrogen-bond donors (Lipinski definition) is 0. The van der Waals surface area contributed by atoms with Crippen molar-refractivity contribution in [1.82, 2.24) is 0 Å². The molecule has 0 aromatic heterocycles. The lowest BCUT2D eigenvalue weighted by Gasteiger charge is -2.05. The molecule has 2 nitrogen and oxygen atoms in total. The van der Waals surface area contributed by atoms with Crippen LogP contribution in [0.15, 0.2) is 24.3 Å². The van der Waals surface area contributed by atoms with E-state index in [9.17, 15) is 4.79 Å². The minimum atomic E-state index is -0.254. The lowest BCUT2D eigenvalue weighted by molar-refractivity contribution is 0.0497. The molecule has 1 saturated carbocycles. The minimum Gasteiger partial charge on any atom is -0.462 e. The highest BCUT2D eigenvalue weighted by molar-refractivity contribution is 6.30. The van der Waals surface area contributed by atoms with Crippen molar-refractivity contribution in [2.45, 2.75) is 51.4 Å². The lowest BCUT2D eigenvalue weighted by Crippen LogP contribution is -2.06. The van der Waals surface area contributed by atoms with Gasteiger partial charge in [0.15, 0.2) is 0 Å². The van der Waals surface area contributed by atoms with E-state index < -0.39 is 0 Å².